The molecule has 1 N–H and O–H groups in total. The molecule has 3 heterocycles. The number of anilines is 2. The minimum absolute atomic E-state index is 0.0425. The molecule has 33 heavy (non-hydrogen) atoms. The molecule has 0 bridgehead atoms. The summed E-state index contributed by atoms with van der Waals surface area (Å²) in [5.74, 6) is 1.28. The van der Waals surface area contributed by atoms with Crippen molar-refractivity contribution in [2.24, 2.45) is 5.92 Å². The number of benzene rings is 1. The molecule has 2 fully saturated rings. The molecule has 2 aromatic heterocycles. The van der Waals surface area contributed by atoms with Crippen LogP contribution < -0.4 is 10.2 Å². The summed E-state index contributed by atoms with van der Waals surface area (Å²) in [6.45, 7) is 3.98. The fraction of sp³-hybridized carbons (Fsp3) is 0.364. The van der Waals surface area contributed by atoms with E-state index in [1.807, 2.05) is 6.92 Å². The largest absolute Gasteiger partial charge is 0.447 e. The van der Waals surface area contributed by atoms with Crippen LogP contribution in [0.15, 0.2) is 36.8 Å². The Morgan fingerprint density at radius 3 is 2.70 bits per heavy atom. The molecule has 1 amide bonds. The van der Waals surface area contributed by atoms with E-state index in [1.165, 1.54) is 15.8 Å². The first-order chi connectivity index (χ1) is 15.9. The number of amides is 1. The molecule has 1 unspecified atom stereocenters. The van der Waals surface area contributed by atoms with Gasteiger partial charge in [-0.05, 0) is 56.9 Å². The van der Waals surface area contributed by atoms with Gasteiger partial charge in [0.15, 0.2) is 0 Å². The lowest BCUT2D eigenvalue weighted by atomic mass is 10.2. The number of ether oxygens (including phenoxy) is 1. The average molecular weight is 468 g/mol. The van der Waals surface area contributed by atoms with Gasteiger partial charge in [0.05, 0.1) is 17.8 Å². The fourth-order valence-corrected chi connectivity index (χ4v) is 3.94. The predicted molar refractivity (Wildman–Crippen MR) is 120 cm³/mol. The summed E-state index contributed by atoms with van der Waals surface area (Å²) in [5, 5.41) is 3.75. The third-order valence-electron chi connectivity index (χ3n) is 5.74. The standard InChI is InChI=1S/C22H22ClN7O3/c1-12(17-9-29(11-24-17)19(31)15-5-7-16(23)8-6-15)25-20-26-13(2)27-21(28-20)30-18(14-3-4-14)10-33-22(30)32/h5-9,11-12,14,18H,3-4,10H2,1-2H3,(H,25,26,27,28)/t12-,18?/m0/s1. The van der Waals surface area contributed by atoms with E-state index in [1.54, 1.807) is 37.4 Å². The summed E-state index contributed by atoms with van der Waals surface area (Å²) >= 11 is 5.90. The number of nitrogens with one attached hydrogen (secondary N) is 1. The third kappa shape index (κ3) is 4.38. The lowest BCUT2D eigenvalue weighted by Crippen LogP contribution is -2.36. The van der Waals surface area contributed by atoms with Gasteiger partial charge in [-0.25, -0.2) is 14.7 Å². The second-order valence-electron chi connectivity index (χ2n) is 8.24. The van der Waals surface area contributed by atoms with Crippen LogP contribution in [0.3, 0.4) is 0 Å². The lowest BCUT2D eigenvalue weighted by molar-refractivity contribution is 0.0959. The average Bonchev–Trinajstić information content (AvgIpc) is 3.37. The molecule has 1 aliphatic heterocycles. The first-order valence-electron chi connectivity index (χ1n) is 10.7. The summed E-state index contributed by atoms with van der Waals surface area (Å²) in [6.07, 6.45) is 4.83. The molecule has 1 aromatic carbocycles. The quantitative estimate of drug-likeness (QED) is 0.584. The molecular weight excluding hydrogens is 446 g/mol. The van der Waals surface area contributed by atoms with Crippen molar-refractivity contribution in [3.63, 3.8) is 0 Å². The number of hydrogen-bond acceptors (Lipinski definition) is 8. The highest BCUT2D eigenvalue weighted by Crippen LogP contribution is 2.39. The van der Waals surface area contributed by atoms with Crippen LogP contribution in [0, 0.1) is 12.8 Å². The van der Waals surface area contributed by atoms with E-state index < -0.39 is 6.09 Å². The zero-order chi connectivity index (χ0) is 23.1. The van der Waals surface area contributed by atoms with Crippen LogP contribution >= 0.6 is 11.6 Å². The van der Waals surface area contributed by atoms with Crippen LogP contribution in [-0.4, -0.2) is 49.2 Å². The smallest absolute Gasteiger partial charge is 0.417 e. The molecular formula is C22H22ClN7O3. The lowest BCUT2D eigenvalue weighted by Gasteiger charge is -2.20. The van der Waals surface area contributed by atoms with Crippen LogP contribution in [-0.2, 0) is 4.74 Å². The zero-order valence-corrected chi connectivity index (χ0v) is 18.9. The SMILES string of the molecule is Cc1nc(N[C@@H](C)c2cn(C(=O)c3ccc(Cl)cc3)cn2)nc(N2C(=O)OCC2C2CC2)n1. The van der Waals surface area contributed by atoms with Crippen LogP contribution in [0.5, 0.6) is 0 Å². The van der Waals surface area contributed by atoms with Gasteiger partial charge in [-0.1, -0.05) is 11.6 Å². The Balaban J connectivity index is 1.33. The molecule has 3 aromatic rings. The number of aromatic nitrogens is 5. The molecule has 11 heteroatoms. The van der Waals surface area contributed by atoms with Crippen molar-refractivity contribution in [3.05, 3.63) is 58.9 Å². The van der Waals surface area contributed by atoms with Gasteiger partial charge < -0.3 is 10.1 Å². The summed E-state index contributed by atoms with van der Waals surface area (Å²) < 4.78 is 6.66. The van der Waals surface area contributed by atoms with Gasteiger partial charge in [-0.15, -0.1) is 0 Å². The number of carbonyl (C=O) groups excluding carboxylic acids is 2. The van der Waals surface area contributed by atoms with Gasteiger partial charge in [0.2, 0.25) is 11.9 Å². The summed E-state index contributed by atoms with van der Waals surface area (Å²) in [4.78, 5) is 44.1. The number of hydrogen-bond donors (Lipinski definition) is 1. The Bertz CT molecular complexity index is 1210. The van der Waals surface area contributed by atoms with E-state index in [-0.39, 0.29) is 23.9 Å². The number of nitrogens with zero attached hydrogens (tertiary/aromatic N) is 6. The van der Waals surface area contributed by atoms with Gasteiger partial charge in [0.1, 0.15) is 18.8 Å². The first kappa shape index (κ1) is 21.3. The van der Waals surface area contributed by atoms with E-state index >= 15 is 0 Å². The van der Waals surface area contributed by atoms with Crippen LogP contribution in [0.1, 0.15) is 47.7 Å². The third-order valence-corrected chi connectivity index (χ3v) is 5.99. The van der Waals surface area contributed by atoms with Crippen molar-refractivity contribution in [2.75, 3.05) is 16.8 Å². The van der Waals surface area contributed by atoms with Gasteiger partial charge in [0, 0.05) is 16.8 Å². The summed E-state index contributed by atoms with van der Waals surface area (Å²) in [5.41, 5.74) is 1.14. The number of rotatable bonds is 6. The second kappa shape index (κ2) is 8.43. The second-order valence-corrected chi connectivity index (χ2v) is 8.68. The number of aryl methyl sites for hydroxylation is 1. The molecule has 2 atom stereocenters. The monoisotopic (exact) mass is 467 g/mol. The number of imidazole rings is 1. The molecule has 1 saturated carbocycles. The van der Waals surface area contributed by atoms with Crippen molar-refractivity contribution >= 4 is 35.5 Å². The highest BCUT2D eigenvalue weighted by atomic mass is 35.5. The molecule has 0 spiro atoms. The van der Waals surface area contributed by atoms with Crippen LogP contribution in [0.2, 0.25) is 5.02 Å². The Morgan fingerprint density at radius 2 is 1.97 bits per heavy atom. The highest BCUT2D eigenvalue weighted by molar-refractivity contribution is 6.30. The Kier molecular flexibility index (Phi) is 5.45. The van der Waals surface area contributed by atoms with E-state index in [0.29, 0.717) is 40.6 Å². The molecule has 1 aliphatic carbocycles. The minimum atomic E-state index is -0.434. The molecule has 5 rings (SSSR count). The highest BCUT2D eigenvalue weighted by Gasteiger charge is 2.45. The summed E-state index contributed by atoms with van der Waals surface area (Å²) in [6, 6.07) is 6.32. The molecule has 2 aliphatic rings. The summed E-state index contributed by atoms with van der Waals surface area (Å²) in [7, 11) is 0. The van der Waals surface area contributed by atoms with Gasteiger partial charge >= 0.3 is 6.09 Å². The Labute approximate surface area is 195 Å². The Hall–Kier alpha value is -3.53. The van der Waals surface area contributed by atoms with Crippen molar-refractivity contribution in [2.45, 2.75) is 38.8 Å². The van der Waals surface area contributed by atoms with E-state index in [0.717, 1.165) is 12.8 Å². The first-order valence-corrected chi connectivity index (χ1v) is 11.1. The van der Waals surface area contributed by atoms with Gasteiger partial charge in [-0.3, -0.25) is 9.36 Å². The van der Waals surface area contributed by atoms with E-state index in [9.17, 15) is 9.59 Å². The van der Waals surface area contributed by atoms with Gasteiger partial charge in [0.25, 0.3) is 5.91 Å². The molecule has 10 nitrogen and oxygen atoms in total. The van der Waals surface area contributed by atoms with Crippen molar-refractivity contribution in [3.8, 4) is 0 Å². The molecule has 170 valence electrons. The predicted octanol–water partition coefficient (Wildman–Crippen LogP) is 3.63. The Morgan fingerprint density at radius 1 is 1.21 bits per heavy atom. The maximum Gasteiger partial charge on any atom is 0.417 e. The zero-order valence-electron chi connectivity index (χ0n) is 18.1. The van der Waals surface area contributed by atoms with Crippen LogP contribution in [0.4, 0.5) is 16.7 Å². The molecule has 0 radical (unpaired) electrons. The van der Waals surface area contributed by atoms with Gasteiger partial charge in [-0.2, -0.15) is 15.0 Å². The normalized spacial score (nSPS) is 18.8. The number of carbonyl (C=O) groups is 2. The topological polar surface area (TPSA) is 115 Å². The van der Waals surface area contributed by atoms with Crippen molar-refractivity contribution in [1.82, 2.24) is 24.5 Å². The molecule has 1 saturated heterocycles. The van der Waals surface area contributed by atoms with E-state index in [4.69, 9.17) is 16.3 Å². The van der Waals surface area contributed by atoms with Crippen LogP contribution in [0.25, 0.3) is 0 Å². The minimum Gasteiger partial charge on any atom is -0.447 e. The fourth-order valence-electron chi connectivity index (χ4n) is 3.82. The van der Waals surface area contributed by atoms with Crippen molar-refractivity contribution in [1.29, 1.82) is 0 Å². The maximum atomic E-state index is 12.7. The van der Waals surface area contributed by atoms with Crippen molar-refractivity contribution < 1.29 is 14.3 Å². The number of cyclic esters (lactones) is 1. The van der Waals surface area contributed by atoms with E-state index in [2.05, 4.69) is 25.3 Å². The maximum absolute atomic E-state index is 12.7. The number of halogens is 1.